The monoisotopic (exact) mass is 173 g/mol. The highest BCUT2D eigenvalue weighted by Gasteiger charge is 2.03. The Morgan fingerprint density at radius 1 is 1.46 bits per heavy atom. The fourth-order valence-electron chi connectivity index (χ4n) is 1.07. The predicted molar refractivity (Wildman–Crippen MR) is 50.9 cm³/mol. The highest BCUT2D eigenvalue weighted by molar-refractivity contribution is 5.32. The Bertz CT molecular complexity index is 321. The topological polar surface area (TPSA) is 44.0 Å². The van der Waals surface area contributed by atoms with Crippen LogP contribution in [0.5, 0.6) is 0 Å². The Balaban J connectivity index is 2.80. The van der Waals surface area contributed by atoms with E-state index in [-0.39, 0.29) is 0 Å². The van der Waals surface area contributed by atoms with Crippen LogP contribution in [-0.2, 0) is 0 Å². The van der Waals surface area contributed by atoms with Gasteiger partial charge in [-0.05, 0) is 24.1 Å². The molecule has 0 heterocycles. The molecule has 0 aliphatic heterocycles. The lowest BCUT2D eigenvalue weighted by Crippen LogP contribution is -1.94. The molecule has 0 radical (unpaired) electrons. The van der Waals surface area contributed by atoms with Gasteiger partial charge in [-0.25, -0.2) is 0 Å². The first kappa shape index (κ1) is 9.50. The summed E-state index contributed by atoms with van der Waals surface area (Å²) in [6.07, 6.45) is 1.69. The number of hydrogen-bond donors (Lipinski definition) is 1. The molecule has 0 bridgehead atoms. The van der Waals surface area contributed by atoms with Crippen LogP contribution >= 0.6 is 0 Å². The van der Waals surface area contributed by atoms with E-state index in [0.29, 0.717) is 12.0 Å². The second-order valence-corrected chi connectivity index (χ2v) is 2.77. The molecule has 0 spiro atoms. The molecule has 1 N–H and O–H groups in total. The van der Waals surface area contributed by atoms with Crippen LogP contribution in [-0.4, -0.2) is 5.11 Å². The highest BCUT2D eigenvalue weighted by atomic mass is 16.3. The Kier molecular flexibility index (Phi) is 3.24. The van der Waals surface area contributed by atoms with Crippen LogP contribution in [0.4, 0.5) is 0 Å². The number of aliphatic hydroxyl groups is 1. The van der Waals surface area contributed by atoms with Gasteiger partial charge in [-0.3, -0.25) is 0 Å². The summed E-state index contributed by atoms with van der Waals surface area (Å²) < 4.78 is 0. The normalized spacial score (nSPS) is 11.7. The number of rotatable bonds is 3. The van der Waals surface area contributed by atoms with Gasteiger partial charge in [0, 0.05) is 0 Å². The molecular weight excluding hydrogens is 162 g/mol. The molecule has 0 unspecified atom stereocenters. The summed E-state index contributed by atoms with van der Waals surface area (Å²) in [7, 11) is 0. The van der Waals surface area contributed by atoms with E-state index in [0.717, 1.165) is 5.56 Å². The molecule has 13 heavy (non-hydrogen) atoms. The van der Waals surface area contributed by atoms with E-state index in [2.05, 4.69) is 6.58 Å². The standard InChI is InChI=1S/C11H11NO/c1-2-3-11(13)10-6-4-9(8-12)5-7-10/h2,4-7,11,13H,1,3H2/t11-/m1/s1. The van der Waals surface area contributed by atoms with Crippen molar-refractivity contribution in [3.05, 3.63) is 48.0 Å². The van der Waals surface area contributed by atoms with Crippen molar-refractivity contribution in [3.8, 4) is 6.07 Å². The van der Waals surface area contributed by atoms with Gasteiger partial charge in [0.1, 0.15) is 0 Å². The average molecular weight is 173 g/mol. The minimum absolute atomic E-state index is 0.509. The van der Waals surface area contributed by atoms with Crippen LogP contribution < -0.4 is 0 Å². The molecule has 2 heteroatoms. The lowest BCUT2D eigenvalue weighted by Gasteiger charge is -2.07. The molecule has 1 rings (SSSR count). The zero-order valence-electron chi connectivity index (χ0n) is 7.27. The fourth-order valence-corrected chi connectivity index (χ4v) is 1.07. The van der Waals surface area contributed by atoms with E-state index in [1.807, 2.05) is 6.07 Å². The third kappa shape index (κ3) is 2.43. The van der Waals surface area contributed by atoms with Gasteiger partial charge in [0.05, 0.1) is 17.7 Å². The van der Waals surface area contributed by atoms with Gasteiger partial charge in [-0.1, -0.05) is 18.2 Å². The van der Waals surface area contributed by atoms with Gasteiger partial charge < -0.3 is 5.11 Å². The first-order valence-electron chi connectivity index (χ1n) is 4.07. The van der Waals surface area contributed by atoms with Gasteiger partial charge in [0.2, 0.25) is 0 Å². The lowest BCUT2D eigenvalue weighted by molar-refractivity contribution is 0.181. The minimum atomic E-state index is -0.509. The number of hydrogen-bond acceptors (Lipinski definition) is 2. The Morgan fingerprint density at radius 2 is 2.08 bits per heavy atom. The second kappa shape index (κ2) is 4.44. The first-order valence-corrected chi connectivity index (χ1v) is 4.07. The average Bonchev–Trinajstić information content (AvgIpc) is 2.18. The summed E-state index contributed by atoms with van der Waals surface area (Å²) in [6, 6.07) is 8.93. The summed E-state index contributed by atoms with van der Waals surface area (Å²) in [5.41, 5.74) is 1.42. The third-order valence-electron chi connectivity index (χ3n) is 1.81. The quantitative estimate of drug-likeness (QED) is 0.712. The zero-order valence-corrected chi connectivity index (χ0v) is 7.27. The first-order chi connectivity index (χ1) is 6.27. The van der Waals surface area contributed by atoms with Crippen molar-refractivity contribution < 1.29 is 5.11 Å². The third-order valence-corrected chi connectivity index (χ3v) is 1.81. The molecule has 0 amide bonds. The van der Waals surface area contributed by atoms with Crippen LogP contribution in [0.15, 0.2) is 36.9 Å². The molecule has 0 aromatic heterocycles. The lowest BCUT2D eigenvalue weighted by atomic mass is 10.1. The van der Waals surface area contributed by atoms with Crippen molar-refractivity contribution in [2.75, 3.05) is 0 Å². The van der Waals surface area contributed by atoms with Gasteiger partial charge in [-0.2, -0.15) is 5.26 Å². The van der Waals surface area contributed by atoms with Gasteiger partial charge in [0.25, 0.3) is 0 Å². The Hall–Kier alpha value is -1.59. The Morgan fingerprint density at radius 3 is 2.54 bits per heavy atom. The number of aliphatic hydroxyl groups excluding tert-OH is 1. The van der Waals surface area contributed by atoms with Crippen LogP contribution in [0.2, 0.25) is 0 Å². The van der Waals surface area contributed by atoms with Gasteiger partial charge in [0.15, 0.2) is 0 Å². The zero-order chi connectivity index (χ0) is 9.68. The highest BCUT2D eigenvalue weighted by Crippen LogP contribution is 2.16. The number of nitrogens with zero attached hydrogens (tertiary/aromatic N) is 1. The molecule has 2 nitrogen and oxygen atoms in total. The smallest absolute Gasteiger partial charge is 0.0991 e. The summed E-state index contributed by atoms with van der Waals surface area (Å²) >= 11 is 0. The predicted octanol–water partition coefficient (Wildman–Crippen LogP) is 2.17. The minimum Gasteiger partial charge on any atom is -0.388 e. The van der Waals surface area contributed by atoms with Crippen molar-refractivity contribution in [3.63, 3.8) is 0 Å². The molecule has 0 saturated carbocycles. The van der Waals surface area contributed by atoms with E-state index < -0.39 is 6.10 Å². The molecule has 1 aromatic carbocycles. The maximum atomic E-state index is 9.53. The fraction of sp³-hybridized carbons (Fsp3) is 0.182. The van der Waals surface area contributed by atoms with Crippen LogP contribution in [0, 0.1) is 11.3 Å². The number of benzene rings is 1. The van der Waals surface area contributed by atoms with E-state index in [1.54, 1.807) is 30.3 Å². The summed E-state index contributed by atoms with van der Waals surface area (Å²) in [6.45, 7) is 3.55. The molecule has 0 fully saturated rings. The van der Waals surface area contributed by atoms with E-state index >= 15 is 0 Å². The van der Waals surface area contributed by atoms with E-state index in [9.17, 15) is 5.11 Å². The molecule has 0 saturated heterocycles. The molecule has 1 atom stereocenters. The van der Waals surface area contributed by atoms with Gasteiger partial charge in [-0.15, -0.1) is 6.58 Å². The molecule has 0 aliphatic rings. The van der Waals surface area contributed by atoms with Crippen molar-refractivity contribution in [2.45, 2.75) is 12.5 Å². The molecule has 0 aliphatic carbocycles. The van der Waals surface area contributed by atoms with Crippen LogP contribution in [0.3, 0.4) is 0 Å². The van der Waals surface area contributed by atoms with E-state index in [4.69, 9.17) is 5.26 Å². The largest absolute Gasteiger partial charge is 0.388 e. The van der Waals surface area contributed by atoms with Gasteiger partial charge >= 0.3 is 0 Å². The molecule has 1 aromatic rings. The maximum Gasteiger partial charge on any atom is 0.0991 e. The Labute approximate surface area is 77.8 Å². The summed E-state index contributed by atoms with van der Waals surface area (Å²) in [5, 5.41) is 18.1. The summed E-state index contributed by atoms with van der Waals surface area (Å²) in [5.74, 6) is 0. The SMILES string of the molecule is C=CC[C@@H](O)c1ccc(C#N)cc1. The van der Waals surface area contributed by atoms with Crippen LogP contribution in [0.25, 0.3) is 0 Å². The van der Waals surface area contributed by atoms with Crippen LogP contribution in [0.1, 0.15) is 23.7 Å². The van der Waals surface area contributed by atoms with E-state index in [1.165, 1.54) is 0 Å². The molecular formula is C11H11NO. The van der Waals surface area contributed by atoms with Crippen molar-refractivity contribution >= 4 is 0 Å². The molecule has 66 valence electrons. The van der Waals surface area contributed by atoms with Crippen molar-refractivity contribution in [2.24, 2.45) is 0 Å². The summed E-state index contributed by atoms with van der Waals surface area (Å²) in [4.78, 5) is 0. The van der Waals surface area contributed by atoms with Crippen molar-refractivity contribution in [1.29, 1.82) is 5.26 Å². The van der Waals surface area contributed by atoms with Crippen molar-refractivity contribution in [1.82, 2.24) is 0 Å². The second-order valence-electron chi connectivity index (χ2n) is 2.77. The maximum absolute atomic E-state index is 9.53. The number of nitriles is 1.